The van der Waals surface area contributed by atoms with Gasteiger partial charge in [-0.2, -0.15) is 0 Å². The summed E-state index contributed by atoms with van der Waals surface area (Å²) in [4.78, 5) is 13.0. The molecule has 0 spiro atoms. The van der Waals surface area contributed by atoms with Crippen LogP contribution in [0.15, 0.2) is 95.8 Å². The average molecular weight is 681 g/mol. The number of hydrogen-bond donors (Lipinski definition) is 0. The molecule has 0 N–H and O–H groups in total. The summed E-state index contributed by atoms with van der Waals surface area (Å²) in [6, 6.07) is 29.2. The second-order valence-corrected chi connectivity index (χ2v) is 14.6. The molecule has 0 atom stereocenters. The average Bonchev–Trinajstić information content (AvgIpc) is 3.31. The normalized spacial score (nSPS) is 12.6. The minimum Gasteiger partial charge on any atom is -0.486 e. The van der Waals surface area contributed by atoms with Gasteiger partial charge in [0.1, 0.15) is 0 Å². The Morgan fingerprint density at radius 2 is 1.62 bits per heavy atom. The predicted molar refractivity (Wildman–Crippen MR) is 150 cm³/mol. The molecule has 2 aromatic carbocycles. The van der Waals surface area contributed by atoms with Crippen molar-refractivity contribution in [1.82, 2.24) is 15.0 Å². The monoisotopic (exact) mass is 681 g/mol. The van der Waals surface area contributed by atoms with E-state index >= 15 is 0 Å². The van der Waals surface area contributed by atoms with Crippen LogP contribution in [-0.4, -0.2) is 23.0 Å². The Bertz CT molecular complexity index is 1710. The largest absolute Gasteiger partial charge is 0.486 e. The zero-order valence-electron chi connectivity index (χ0n) is 23.7. The van der Waals surface area contributed by atoms with Crippen LogP contribution in [0.25, 0.3) is 44.6 Å². The van der Waals surface area contributed by atoms with Crippen LogP contribution in [0.3, 0.4) is 0 Å². The molecule has 187 valence electrons. The van der Waals surface area contributed by atoms with Crippen molar-refractivity contribution in [3.8, 4) is 22.5 Å². The molecular formula is C31H27IrN3OSi-2. The van der Waals surface area contributed by atoms with Gasteiger partial charge in [0.05, 0.1) is 13.7 Å². The molecule has 4 heterocycles. The van der Waals surface area contributed by atoms with Gasteiger partial charge < -0.3 is 14.4 Å². The Morgan fingerprint density at radius 3 is 2.30 bits per heavy atom. The third-order valence-electron chi connectivity index (χ3n) is 5.83. The molecule has 4 aromatic heterocycles. The van der Waals surface area contributed by atoms with E-state index in [0.29, 0.717) is 5.71 Å². The van der Waals surface area contributed by atoms with Crippen molar-refractivity contribution >= 4 is 35.3 Å². The molecular weight excluding hydrogens is 651 g/mol. The molecule has 0 fully saturated rings. The van der Waals surface area contributed by atoms with Crippen molar-refractivity contribution in [3.05, 3.63) is 109 Å². The van der Waals surface area contributed by atoms with E-state index in [1.165, 1.54) is 11.4 Å². The first-order valence-electron chi connectivity index (χ1n) is 13.2. The van der Waals surface area contributed by atoms with Gasteiger partial charge in [0.2, 0.25) is 5.71 Å². The zero-order chi connectivity index (χ0) is 27.6. The fourth-order valence-corrected chi connectivity index (χ4v) is 4.84. The summed E-state index contributed by atoms with van der Waals surface area (Å²) >= 11 is 0. The maximum atomic E-state index is 7.23. The second-order valence-electron chi connectivity index (χ2n) is 9.47. The third kappa shape index (κ3) is 6.11. The number of benzene rings is 2. The smallest absolute Gasteiger partial charge is 0.216 e. The molecule has 1 radical (unpaired) electrons. The van der Waals surface area contributed by atoms with Gasteiger partial charge in [-0.1, -0.05) is 49.3 Å². The molecule has 0 aliphatic carbocycles. The van der Waals surface area contributed by atoms with E-state index in [9.17, 15) is 0 Å². The van der Waals surface area contributed by atoms with Crippen molar-refractivity contribution in [2.45, 2.75) is 26.5 Å². The zero-order valence-corrected chi connectivity index (χ0v) is 24.1. The molecule has 6 aromatic rings. The number of pyridine rings is 3. The van der Waals surface area contributed by atoms with Crippen molar-refractivity contribution in [2.75, 3.05) is 0 Å². The van der Waals surface area contributed by atoms with Crippen LogP contribution in [-0.2, 0) is 20.1 Å². The predicted octanol–water partition coefficient (Wildman–Crippen LogP) is 7.24. The van der Waals surface area contributed by atoms with E-state index in [1.807, 2.05) is 42.6 Å². The van der Waals surface area contributed by atoms with Crippen LogP contribution >= 0.6 is 0 Å². The molecule has 0 saturated carbocycles. The molecule has 0 bridgehead atoms. The number of aryl methyl sites for hydroxylation is 1. The van der Waals surface area contributed by atoms with E-state index in [2.05, 4.69) is 64.9 Å². The Morgan fingerprint density at radius 1 is 0.811 bits per heavy atom. The number of aromatic nitrogens is 3. The summed E-state index contributed by atoms with van der Waals surface area (Å²) in [5, 5.41) is 3.44. The standard InChI is InChI=1S/C19H17N2OSi.C12H10N.Ir/c1-23(2,3)14-7-8-17(21-12-14)13-6-9-18-16(11-13)15-5-4-10-20-19(15)22-18;1-10-7-8-12(13-9-10)11-5-3-2-4-6-11;/h4-5,7-12H,1-3H3;2-5,7-9H,1H3;/q2*-1;/i;1D3;. The number of furan rings is 1. The van der Waals surface area contributed by atoms with Crippen LogP contribution < -0.4 is 5.19 Å². The number of fused-ring (bicyclic) bond motifs is 3. The molecule has 6 rings (SSSR count). The molecule has 0 amide bonds. The first-order chi connectivity index (χ1) is 18.6. The molecule has 37 heavy (non-hydrogen) atoms. The summed E-state index contributed by atoms with van der Waals surface area (Å²) in [6.07, 6.45) is 5.14. The summed E-state index contributed by atoms with van der Waals surface area (Å²) < 4.78 is 27.5. The molecule has 6 heteroatoms. The number of nitrogens with zero attached hydrogens (tertiary/aromatic N) is 3. The van der Waals surface area contributed by atoms with Crippen molar-refractivity contribution in [1.29, 1.82) is 0 Å². The maximum absolute atomic E-state index is 7.23. The van der Waals surface area contributed by atoms with Gasteiger partial charge in [0.15, 0.2) is 0 Å². The minimum atomic E-state index is -2.09. The third-order valence-corrected chi connectivity index (χ3v) is 7.86. The quantitative estimate of drug-likeness (QED) is 0.146. The van der Waals surface area contributed by atoms with Crippen LogP contribution in [0.4, 0.5) is 0 Å². The van der Waals surface area contributed by atoms with E-state index in [0.717, 1.165) is 38.9 Å². The molecule has 4 nitrogen and oxygen atoms in total. The summed E-state index contributed by atoms with van der Waals surface area (Å²) in [5.41, 5.74) is 5.23. The van der Waals surface area contributed by atoms with Crippen LogP contribution in [0.5, 0.6) is 0 Å². The minimum absolute atomic E-state index is 0. The van der Waals surface area contributed by atoms with Crippen LogP contribution in [0.2, 0.25) is 19.6 Å². The van der Waals surface area contributed by atoms with Crippen molar-refractivity contribution in [2.24, 2.45) is 0 Å². The van der Waals surface area contributed by atoms with Gasteiger partial charge in [-0.25, -0.2) is 4.98 Å². The van der Waals surface area contributed by atoms with Gasteiger partial charge in [-0.05, 0) is 41.1 Å². The number of hydrogen-bond acceptors (Lipinski definition) is 4. The summed E-state index contributed by atoms with van der Waals surface area (Å²) in [6.45, 7) is 4.89. The Labute approximate surface area is 236 Å². The summed E-state index contributed by atoms with van der Waals surface area (Å²) in [5.74, 6) is 0. The fraction of sp³-hybridized carbons (Fsp3) is 0.129. The Balaban J connectivity index is 0.000000192. The first kappa shape index (κ1) is 22.7. The fourth-order valence-electron chi connectivity index (χ4n) is 3.80. The van der Waals surface area contributed by atoms with E-state index in [1.54, 1.807) is 24.4 Å². The van der Waals surface area contributed by atoms with Crippen molar-refractivity contribution < 1.29 is 28.6 Å². The van der Waals surface area contributed by atoms with Gasteiger partial charge in [0.25, 0.3) is 0 Å². The molecule has 0 unspecified atom stereocenters. The van der Waals surface area contributed by atoms with E-state index < -0.39 is 14.9 Å². The van der Waals surface area contributed by atoms with Gasteiger partial charge in [-0.3, -0.25) is 0 Å². The maximum Gasteiger partial charge on any atom is 0.216 e. The second kappa shape index (κ2) is 11.3. The summed E-state index contributed by atoms with van der Waals surface area (Å²) in [7, 11) is -1.32. The number of rotatable bonds is 3. The van der Waals surface area contributed by atoms with E-state index in [4.69, 9.17) is 8.53 Å². The van der Waals surface area contributed by atoms with Gasteiger partial charge >= 0.3 is 0 Å². The first-order valence-corrected chi connectivity index (χ1v) is 15.2. The van der Waals surface area contributed by atoms with Gasteiger partial charge in [-0.15, -0.1) is 59.7 Å². The molecule has 0 saturated heterocycles. The van der Waals surface area contributed by atoms with E-state index in [-0.39, 0.29) is 25.7 Å². The van der Waals surface area contributed by atoms with Crippen molar-refractivity contribution in [3.63, 3.8) is 0 Å². The topological polar surface area (TPSA) is 51.8 Å². The van der Waals surface area contributed by atoms with Gasteiger partial charge in [0, 0.05) is 48.2 Å². The molecule has 0 aliphatic heterocycles. The Hall–Kier alpha value is -3.44. The SMILES string of the molecule is C[Si](C)(C)c1ccc(-c2[c-]cc3oc4ncccc4c3c2)nc1.[2H]C([2H])([2H])c1ccc(-c2[c-]cccc2)nc1.[Ir]. The Kier molecular flexibility index (Phi) is 6.94. The van der Waals surface area contributed by atoms with Crippen LogP contribution in [0.1, 0.15) is 9.68 Å². The van der Waals surface area contributed by atoms with Crippen LogP contribution in [0, 0.1) is 19.0 Å². The molecule has 0 aliphatic rings.